The number of nitrogens with one attached hydrogen (secondary N) is 1. The zero-order chi connectivity index (χ0) is 15.7. The predicted molar refractivity (Wildman–Crippen MR) is 78.5 cm³/mol. The molecule has 3 rings (SSSR count). The number of ether oxygens (including phenoxy) is 1. The van der Waals surface area contributed by atoms with Gasteiger partial charge in [-0.25, -0.2) is 13.1 Å². The van der Waals surface area contributed by atoms with Crippen molar-refractivity contribution in [2.24, 2.45) is 14.1 Å². The average Bonchev–Trinajstić information content (AvgIpc) is 3.08. The second-order valence-electron chi connectivity index (χ2n) is 5.40. The number of rotatable bonds is 4. The first-order valence-electron chi connectivity index (χ1n) is 7.08. The molecule has 1 saturated heterocycles. The van der Waals surface area contributed by atoms with Gasteiger partial charge in [-0.2, -0.15) is 10.2 Å². The van der Waals surface area contributed by atoms with Crippen LogP contribution >= 0.6 is 0 Å². The van der Waals surface area contributed by atoms with Gasteiger partial charge in [0, 0.05) is 32.5 Å². The van der Waals surface area contributed by atoms with Crippen LogP contribution in [0.25, 0.3) is 0 Å². The molecule has 2 atom stereocenters. The van der Waals surface area contributed by atoms with E-state index in [0.717, 1.165) is 18.4 Å². The molecule has 0 unspecified atom stereocenters. The van der Waals surface area contributed by atoms with Crippen LogP contribution in [0, 0.1) is 0 Å². The van der Waals surface area contributed by atoms with Crippen molar-refractivity contribution in [1.82, 2.24) is 24.3 Å². The molecule has 0 saturated carbocycles. The first kappa shape index (κ1) is 15.2. The van der Waals surface area contributed by atoms with E-state index >= 15 is 0 Å². The first-order valence-corrected chi connectivity index (χ1v) is 8.56. The number of nitrogens with zero attached hydrogens (tertiary/aromatic N) is 4. The lowest BCUT2D eigenvalue weighted by atomic mass is 9.99. The average molecular weight is 325 g/mol. The number of hydrogen-bond donors (Lipinski definition) is 1. The highest BCUT2D eigenvalue weighted by Gasteiger charge is 2.33. The van der Waals surface area contributed by atoms with Crippen molar-refractivity contribution in [3.05, 3.63) is 30.2 Å². The van der Waals surface area contributed by atoms with Crippen LogP contribution < -0.4 is 4.72 Å². The summed E-state index contributed by atoms with van der Waals surface area (Å²) in [4.78, 5) is 0. The molecule has 0 radical (unpaired) electrons. The minimum atomic E-state index is -3.64. The Balaban J connectivity index is 1.84. The molecule has 1 N–H and O–H groups in total. The van der Waals surface area contributed by atoms with Crippen molar-refractivity contribution in [1.29, 1.82) is 0 Å². The second-order valence-corrected chi connectivity index (χ2v) is 7.06. The summed E-state index contributed by atoms with van der Waals surface area (Å²) in [6.45, 7) is 0.615. The lowest BCUT2D eigenvalue weighted by Gasteiger charge is -2.31. The lowest BCUT2D eigenvalue weighted by Crippen LogP contribution is -2.43. The molecule has 8 nitrogen and oxygen atoms in total. The molecule has 0 bridgehead atoms. The van der Waals surface area contributed by atoms with Gasteiger partial charge in [0.05, 0.1) is 18.4 Å². The molecule has 9 heteroatoms. The van der Waals surface area contributed by atoms with Gasteiger partial charge in [-0.05, 0) is 18.9 Å². The van der Waals surface area contributed by atoms with Crippen molar-refractivity contribution in [2.45, 2.75) is 30.0 Å². The number of sulfonamides is 1. The van der Waals surface area contributed by atoms with Gasteiger partial charge in [-0.15, -0.1) is 0 Å². The molecule has 22 heavy (non-hydrogen) atoms. The maximum Gasteiger partial charge on any atom is 0.258 e. The van der Waals surface area contributed by atoms with Crippen LogP contribution in [0.4, 0.5) is 0 Å². The summed E-state index contributed by atoms with van der Waals surface area (Å²) < 4.78 is 36.6. The molecule has 1 aliphatic heterocycles. The van der Waals surface area contributed by atoms with Gasteiger partial charge in [0.25, 0.3) is 10.0 Å². The Morgan fingerprint density at radius 3 is 2.82 bits per heavy atom. The van der Waals surface area contributed by atoms with Crippen LogP contribution in [-0.2, 0) is 28.9 Å². The Hall–Kier alpha value is -1.71. The van der Waals surface area contributed by atoms with E-state index in [1.165, 1.54) is 16.9 Å². The van der Waals surface area contributed by atoms with Crippen LogP contribution in [-0.4, -0.2) is 40.6 Å². The fraction of sp³-hybridized carbons (Fsp3) is 0.538. The zero-order valence-electron chi connectivity index (χ0n) is 12.5. The van der Waals surface area contributed by atoms with Crippen molar-refractivity contribution in [2.75, 3.05) is 6.61 Å². The van der Waals surface area contributed by atoms with E-state index in [2.05, 4.69) is 14.9 Å². The second kappa shape index (κ2) is 5.82. The monoisotopic (exact) mass is 325 g/mol. The Morgan fingerprint density at radius 1 is 1.36 bits per heavy atom. The van der Waals surface area contributed by atoms with Crippen LogP contribution in [0.5, 0.6) is 0 Å². The quantitative estimate of drug-likeness (QED) is 0.876. The Bertz CT molecular complexity index is 751. The van der Waals surface area contributed by atoms with Gasteiger partial charge in [-0.1, -0.05) is 0 Å². The molecule has 0 aromatic carbocycles. The van der Waals surface area contributed by atoms with E-state index in [9.17, 15) is 8.42 Å². The van der Waals surface area contributed by atoms with Gasteiger partial charge < -0.3 is 4.74 Å². The van der Waals surface area contributed by atoms with Gasteiger partial charge in [0.2, 0.25) is 0 Å². The minimum absolute atomic E-state index is 0.142. The van der Waals surface area contributed by atoms with E-state index in [4.69, 9.17) is 4.74 Å². The molecule has 0 spiro atoms. The first-order chi connectivity index (χ1) is 10.5. The Labute approximate surface area is 129 Å². The van der Waals surface area contributed by atoms with Gasteiger partial charge in [0.1, 0.15) is 6.10 Å². The van der Waals surface area contributed by atoms with Crippen LogP contribution in [0.3, 0.4) is 0 Å². The van der Waals surface area contributed by atoms with Crippen molar-refractivity contribution in [3.8, 4) is 0 Å². The van der Waals surface area contributed by atoms with Crippen LogP contribution in [0.15, 0.2) is 29.7 Å². The maximum absolute atomic E-state index is 12.5. The van der Waals surface area contributed by atoms with E-state index in [1.54, 1.807) is 17.9 Å². The third kappa shape index (κ3) is 2.92. The standard InChI is InChI=1S/C13H19N5O3S/c1-17-9-10(8-15-17)13-11(4-3-7-21-13)16-22(19,20)12-5-6-14-18(12)2/h5-6,8-9,11,13,16H,3-4,7H2,1-2H3/t11-,13+/m0/s1. The molecule has 3 heterocycles. The zero-order valence-corrected chi connectivity index (χ0v) is 13.3. The Kier molecular flexibility index (Phi) is 4.02. The fourth-order valence-corrected chi connectivity index (χ4v) is 4.10. The van der Waals surface area contributed by atoms with Crippen molar-refractivity contribution < 1.29 is 13.2 Å². The van der Waals surface area contributed by atoms with Gasteiger partial charge in [-0.3, -0.25) is 9.36 Å². The Morgan fingerprint density at radius 2 is 2.18 bits per heavy atom. The van der Waals surface area contributed by atoms with E-state index in [-0.39, 0.29) is 17.2 Å². The van der Waals surface area contributed by atoms with Crippen molar-refractivity contribution >= 4 is 10.0 Å². The fourth-order valence-electron chi connectivity index (χ4n) is 2.70. The molecule has 1 fully saturated rings. The summed E-state index contributed by atoms with van der Waals surface area (Å²) >= 11 is 0. The topological polar surface area (TPSA) is 91.0 Å². The van der Waals surface area contributed by atoms with Crippen LogP contribution in [0.1, 0.15) is 24.5 Å². The number of aromatic nitrogens is 4. The molecular weight excluding hydrogens is 306 g/mol. The summed E-state index contributed by atoms with van der Waals surface area (Å²) in [6, 6.07) is 1.16. The van der Waals surface area contributed by atoms with E-state index in [0.29, 0.717) is 6.61 Å². The number of hydrogen-bond acceptors (Lipinski definition) is 5. The molecule has 0 aliphatic carbocycles. The molecular formula is C13H19N5O3S. The molecule has 2 aromatic heterocycles. The molecule has 1 aliphatic rings. The smallest absolute Gasteiger partial charge is 0.258 e. The molecule has 120 valence electrons. The van der Waals surface area contributed by atoms with Crippen LogP contribution in [0.2, 0.25) is 0 Å². The highest BCUT2D eigenvalue weighted by molar-refractivity contribution is 7.89. The van der Waals surface area contributed by atoms with Gasteiger partial charge in [0.15, 0.2) is 5.03 Å². The molecule has 2 aromatic rings. The highest BCUT2D eigenvalue weighted by Crippen LogP contribution is 2.29. The summed E-state index contributed by atoms with van der Waals surface area (Å²) in [5, 5.41) is 8.18. The normalized spacial score (nSPS) is 22.8. The van der Waals surface area contributed by atoms with E-state index in [1.807, 2.05) is 13.2 Å². The van der Waals surface area contributed by atoms with E-state index < -0.39 is 10.0 Å². The summed E-state index contributed by atoms with van der Waals surface area (Å²) in [5.74, 6) is 0. The summed E-state index contributed by atoms with van der Waals surface area (Å²) in [6.07, 6.45) is 6.23. The third-order valence-corrected chi connectivity index (χ3v) is 5.30. The highest BCUT2D eigenvalue weighted by atomic mass is 32.2. The largest absolute Gasteiger partial charge is 0.372 e. The number of aryl methyl sites for hydroxylation is 2. The molecule has 0 amide bonds. The summed E-state index contributed by atoms with van der Waals surface area (Å²) in [7, 11) is -0.216. The SMILES string of the molecule is Cn1cc([C@H]2OCCC[C@@H]2NS(=O)(=O)c2ccnn2C)cn1. The maximum atomic E-state index is 12.5. The predicted octanol–water partition coefficient (Wildman–Crippen LogP) is 0.352. The lowest BCUT2D eigenvalue weighted by molar-refractivity contribution is -0.00449. The third-order valence-electron chi connectivity index (χ3n) is 3.73. The van der Waals surface area contributed by atoms with Crippen molar-refractivity contribution in [3.63, 3.8) is 0 Å². The summed E-state index contributed by atoms with van der Waals surface area (Å²) in [5.41, 5.74) is 0.875. The van der Waals surface area contributed by atoms with Gasteiger partial charge >= 0.3 is 0 Å². The minimum Gasteiger partial charge on any atom is -0.372 e.